The van der Waals surface area contributed by atoms with Crippen LogP contribution in [-0.4, -0.2) is 37.1 Å². The molecule has 4 aliphatic rings. The maximum absolute atomic E-state index is 13.0. The molecule has 4 bridgehead atoms. The van der Waals surface area contributed by atoms with Gasteiger partial charge in [-0.15, -0.1) is 0 Å². The second kappa shape index (κ2) is 10.2. The summed E-state index contributed by atoms with van der Waals surface area (Å²) in [5.74, 6) is 2.41. The monoisotopic (exact) mass is 454 g/mol. The third-order valence-corrected chi connectivity index (χ3v) is 8.10. The molecule has 0 heterocycles. The Labute approximate surface area is 199 Å². The van der Waals surface area contributed by atoms with Crippen LogP contribution in [0.4, 0.5) is 0 Å². The van der Waals surface area contributed by atoms with E-state index in [9.17, 15) is 9.59 Å². The van der Waals surface area contributed by atoms with Gasteiger partial charge in [0.15, 0.2) is 0 Å². The first-order valence-corrected chi connectivity index (χ1v) is 13.1. The van der Waals surface area contributed by atoms with Gasteiger partial charge in [0, 0.05) is 18.7 Å². The van der Waals surface area contributed by atoms with Gasteiger partial charge in [0.2, 0.25) is 5.91 Å². The van der Waals surface area contributed by atoms with Crippen LogP contribution in [0.25, 0.3) is 0 Å². The summed E-state index contributed by atoms with van der Waals surface area (Å²) in [4.78, 5) is 25.7. The van der Waals surface area contributed by atoms with E-state index < -0.39 is 6.04 Å². The van der Waals surface area contributed by atoms with Crippen LogP contribution in [0, 0.1) is 23.7 Å². The molecule has 1 aromatic carbocycles. The average Bonchev–Trinajstić information content (AvgIpc) is 2.75. The predicted molar refractivity (Wildman–Crippen MR) is 131 cm³/mol. The maximum Gasteiger partial charge on any atom is 0.251 e. The predicted octanol–water partition coefficient (Wildman–Crippen LogP) is 4.84. The number of carbonyl (C=O) groups excluding carboxylic acids is 2. The fourth-order valence-corrected chi connectivity index (χ4v) is 6.91. The molecule has 1 atom stereocenters. The molecule has 182 valence electrons. The molecule has 0 aliphatic heterocycles. The highest BCUT2D eigenvalue weighted by atomic mass is 16.5. The number of hydrogen-bond acceptors (Lipinski definition) is 3. The van der Waals surface area contributed by atoms with Crippen LogP contribution in [0.3, 0.4) is 0 Å². The van der Waals surface area contributed by atoms with Gasteiger partial charge in [-0.3, -0.25) is 9.59 Å². The van der Waals surface area contributed by atoms with Gasteiger partial charge in [0.05, 0.1) is 6.10 Å². The molecular formula is C28H42N2O3. The minimum Gasteiger partial charge on any atom is -0.379 e. The molecule has 0 radical (unpaired) electrons. The van der Waals surface area contributed by atoms with Crippen LogP contribution in [0.15, 0.2) is 24.3 Å². The lowest BCUT2D eigenvalue weighted by Gasteiger charge is -2.57. The molecule has 1 aromatic rings. The Morgan fingerprint density at radius 3 is 2.06 bits per heavy atom. The van der Waals surface area contributed by atoms with Gasteiger partial charge in [-0.05, 0) is 106 Å². The van der Waals surface area contributed by atoms with Crippen LogP contribution in [-0.2, 0) is 14.9 Å². The minimum absolute atomic E-state index is 0.00663. The molecule has 0 unspecified atom stereocenters. The van der Waals surface area contributed by atoms with E-state index in [1.807, 2.05) is 39.8 Å². The largest absolute Gasteiger partial charge is 0.379 e. The topological polar surface area (TPSA) is 67.4 Å². The first-order valence-electron chi connectivity index (χ1n) is 13.1. The molecule has 0 spiro atoms. The Kier molecular flexibility index (Phi) is 7.47. The summed E-state index contributed by atoms with van der Waals surface area (Å²) >= 11 is 0. The Bertz CT molecular complexity index is 795. The Balaban J connectivity index is 1.34. The van der Waals surface area contributed by atoms with Crippen molar-refractivity contribution in [2.75, 3.05) is 13.2 Å². The third-order valence-electron chi connectivity index (χ3n) is 8.10. The highest BCUT2D eigenvalue weighted by molar-refractivity contribution is 5.97. The summed E-state index contributed by atoms with van der Waals surface area (Å²) in [5.41, 5.74) is 2.39. The van der Waals surface area contributed by atoms with Crippen molar-refractivity contribution >= 4 is 11.8 Å². The lowest BCUT2D eigenvalue weighted by molar-refractivity contribution is -0.124. The molecule has 0 aromatic heterocycles. The smallest absolute Gasteiger partial charge is 0.251 e. The minimum atomic E-state index is -0.550. The fourth-order valence-electron chi connectivity index (χ4n) is 6.91. The lowest BCUT2D eigenvalue weighted by Crippen LogP contribution is -2.50. The molecule has 5 heteroatoms. The lowest BCUT2D eigenvalue weighted by atomic mass is 9.48. The van der Waals surface area contributed by atoms with Gasteiger partial charge in [-0.25, -0.2) is 0 Å². The van der Waals surface area contributed by atoms with E-state index in [0.717, 1.165) is 24.2 Å². The molecule has 4 saturated carbocycles. The highest BCUT2D eigenvalue weighted by Crippen LogP contribution is 2.60. The van der Waals surface area contributed by atoms with Crippen LogP contribution in [0.1, 0.15) is 88.6 Å². The van der Waals surface area contributed by atoms with E-state index in [1.54, 1.807) is 0 Å². The number of rotatable bonds is 10. The van der Waals surface area contributed by atoms with E-state index in [1.165, 1.54) is 44.1 Å². The maximum atomic E-state index is 13.0. The van der Waals surface area contributed by atoms with E-state index in [2.05, 4.69) is 22.8 Å². The second-order valence-electron chi connectivity index (χ2n) is 11.5. The fraction of sp³-hybridized carbons (Fsp3) is 0.714. The molecule has 33 heavy (non-hydrogen) atoms. The highest BCUT2D eigenvalue weighted by Gasteiger charge is 2.51. The number of amides is 2. The van der Waals surface area contributed by atoms with Crippen LogP contribution in [0.2, 0.25) is 0 Å². The summed E-state index contributed by atoms with van der Waals surface area (Å²) in [7, 11) is 0. The SMILES string of the molecule is CC(C)OCCCNC(=O)[C@H](NC(=O)c1ccc(C23CC4CC(CC(C4)C2)C3)cc1)C(C)C. The number of benzene rings is 1. The zero-order valence-electron chi connectivity index (χ0n) is 20.9. The number of hydrogen-bond donors (Lipinski definition) is 2. The molecule has 2 N–H and O–H groups in total. The molecule has 0 saturated heterocycles. The second-order valence-corrected chi connectivity index (χ2v) is 11.5. The van der Waals surface area contributed by atoms with Crippen molar-refractivity contribution in [3.63, 3.8) is 0 Å². The zero-order chi connectivity index (χ0) is 23.6. The Morgan fingerprint density at radius 1 is 0.970 bits per heavy atom. The number of nitrogens with one attached hydrogen (secondary N) is 2. The quantitative estimate of drug-likeness (QED) is 0.497. The summed E-state index contributed by atoms with van der Waals surface area (Å²) in [6.07, 6.45) is 9.22. The Morgan fingerprint density at radius 2 is 1.55 bits per heavy atom. The van der Waals surface area contributed by atoms with Crippen molar-refractivity contribution in [2.24, 2.45) is 23.7 Å². The van der Waals surface area contributed by atoms with E-state index in [-0.39, 0.29) is 23.8 Å². The van der Waals surface area contributed by atoms with Crippen LogP contribution >= 0.6 is 0 Å². The molecule has 4 fully saturated rings. The summed E-state index contributed by atoms with van der Waals surface area (Å²) in [6, 6.07) is 7.73. The normalized spacial score (nSPS) is 28.8. The molecule has 5 rings (SSSR count). The zero-order valence-corrected chi connectivity index (χ0v) is 20.9. The standard InChI is InChI=1S/C28H42N2O3/c1-18(2)25(27(32)29-10-5-11-33-19(3)4)30-26(31)23-6-8-24(9-7-23)28-15-20-12-21(16-28)14-22(13-20)17-28/h6-9,18-22,25H,5,10-17H2,1-4H3,(H,29,32)(H,30,31)/t20?,21?,22?,25-,28?/m1/s1. The molecule has 2 amide bonds. The number of carbonyl (C=O) groups is 2. The van der Waals surface area contributed by atoms with Crippen molar-refractivity contribution in [3.05, 3.63) is 35.4 Å². The van der Waals surface area contributed by atoms with Gasteiger partial charge in [0.1, 0.15) is 6.04 Å². The van der Waals surface area contributed by atoms with Gasteiger partial charge in [-0.1, -0.05) is 26.0 Å². The van der Waals surface area contributed by atoms with Crippen LogP contribution in [0.5, 0.6) is 0 Å². The van der Waals surface area contributed by atoms with Crippen molar-refractivity contribution in [1.29, 1.82) is 0 Å². The van der Waals surface area contributed by atoms with E-state index in [4.69, 9.17) is 4.74 Å². The van der Waals surface area contributed by atoms with Gasteiger partial charge < -0.3 is 15.4 Å². The molecule has 4 aliphatic carbocycles. The molecular weight excluding hydrogens is 412 g/mol. The van der Waals surface area contributed by atoms with E-state index >= 15 is 0 Å². The molecule has 5 nitrogen and oxygen atoms in total. The van der Waals surface area contributed by atoms with Crippen molar-refractivity contribution in [2.45, 2.75) is 90.2 Å². The first kappa shape index (κ1) is 24.3. The van der Waals surface area contributed by atoms with Crippen molar-refractivity contribution in [3.8, 4) is 0 Å². The Hall–Kier alpha value is -1.88. The summed E-state index contributed by atoms with van der Waals surface area (Å²) in [6.45, 7) is 9.08. The summed E-state index contributed by atoms with van der Waals surface area (Å²) < 4.78 is 5.52. The van der Waals surface area contributed by atoms with Crippen molar-refractivity contribution in [1.82, 2.24) is 10.6 Å². The van der Waals surface area contributed by atoms with Gasteiger partial charge >= 0.3 is 0 Å². The first-order chi connectivity index (χ1) is 15.8. The van der Waals surface area contributed by atoms with Crippen molar-refractivity contribution < 1.29 is 14.3 Å². The van der Waals surface area contributed by atoms with Gasteiger partial charge in [0.25, 0.3) is 5.91 Å². The summed E-state index contributed by atoms with van der Waals surface area (Å²) in [5, 5.41) is 5.91. The average molecular weight is 455 g/mol. The number of ether oxygens (including phenoxy) is 1. The third kappa shape index (κ3) is 5.62. The van der Waals surface area contributed by atoms with Gasteiger partial charge in [-0.2, -0.15) is 0 Å². The van der Waals surface area contributed by atoms with Crippen LogP contribution < -0.4 is 10.6 Å². The van der Waals surface area contributed by atoms with E-state index in [0.29, 0.717) is 24.1 Å².